The van der Waals surface area contributed by atoms with Crippen molar-refractivity contribution >= 4 is 37.0 Å². The molecule has 1 aliphatic rings. The molecular formula is C19H19ClN2O3S2. The highest BCUT2D eigenvalue weighted by Gasteiger charge is 2.27. The second kappa shape index (κ2) is 8.82. The number of hydrogen-bond acceptors (Lipinski definition) is 6. The first-order valence-corrected chi connectivity index (χ1v) is 11.7. The summed E-state index contributed by atoms with van der Waals surface area (Å²) in [4.78, 5) is 13.4. The third kappa shape index (κ3) is 5.06. The zero-order valence-corrected chi connectivity index (χ0v) is 16.8. The lowest BCUT2D eigenvalue weighted by atomic mass is 10.1. The van der Waals surface area contributed by atoms with Crippen molar-refractivity contribution in [2.75, 3.05) is 13.1 Å². The maximum Gasteiger partial charge on any atom is 0.234 e. The lowest BCUT2D eigenvalue weighted by Gasteiger charge is -2.15. The molecule has 8 heteroatoms. The summed E-state index contributed by atoms with van der Waals surface area (Å²) >= 11 is 5.90. The Morgan fingerprint density at radius 2 is 1.52 bits per heavy atom. The Balaban J connectivity index is 2.01. The van der Waals surface area contributed by atoms with Gasteiger partial charge in [-0.05, 0) is 49.2 Å². The van der Waals surface area contributed by atoms with Crippen molar-refractivity contribution in [3.05, 3.63) is 75.9 Å². The van der Waals surface area contributed by atoms with E-state index in [4.69, 9.17) is 11.6 Å². The number of allylic oxidation sites excluding steroid dienone is 1. The van der Waals surface area contributed by atoms with Gasteiger partial charge in [0.05, 0.1) is 4.90 Å². The van der Waals surface area contributed by atoms with Crippen LogP contribution in [0.5, 0.6) is 0 Å². The first kappa shape index (κ1) is 19.8. The molecule has 0 bridgehead atoms. The van der Waals surface area contributed by atoms with Crippen LogP contribution in [0.1, 0.15) is 23.2 Å². The zero-order valence-electron chi connectivity index (χ0n) is 14.4. The summed E-state index contributed by atoms with van der Waals surface area (Å²) < 4.78 is 25.7. The number of carbonyl (C=O) groups is 1. The minimum absolute atomic E-state index is 0.128. The van der Waals surface area contributed by atoms with Crippen molar-refractivity contribution < 1.29 is 13.2 Å². The highest BCUT2D eigenvalue weighted by molar-refractivity contribution is 8.73. The van der Waals surface area contributed by atoms with Crippen molar-refractivity contribution in [2.24, 2.45) is 0 Å². The van der Waals surface area contributed by atoms with Crippen LogP contribution in [0.2, 0.25) is 5.02 Å². The largest absolute Gasteiger partial charge is 0.371 e. The molecule has 2 N–H and O–H groups in total. The fourth-order valence-electron chi connectivity index (χ4n) is 2.57. The summed E-state index contributed by atoms with van der Waals surface area (Å²) in [6, 6.07) is 14.5. The van der Waals surface area contributed by atoms with Crippen molar-refractivity contribution in [1.29, 1.82) is 0 Å². The van der Waals surface area contributed by atoms with Gasteiger partial charge >= 0.3 is 0 Å². The molecule has 1 fully saturated rings. The number of halogens is 1. The number of carbonyl (C=O) groups excluding carboxylic acids is 1. The maximum atomic E-state index is 13.1. The Morgan fingerprint density at radius 3 is 2.11 bits per heavy atom. The van der Waals surface area contributed by atoms with Gasteiger partial charge in [-0.2, -0.15) is 0 Å². The van der Waals surface area contributed by atoms with E-state index in [2.05, 4.69) is 10.6 Å². The molecular weight excluding hydrogens is 404 g/mol. The standard InChI is InChI=1S/C19H19ClN2O3S2/c20-15-10-8-14(9-11-15)17(23)18(19-21-12-4-5-13-22-19)26-27(24,25)16-6-2-1-3-7-16/h1-3,6-11,21-22H,4-5,12-13H2. The van der Waals surface area contributed by atoms with Crippen LogP contribution in [0, 0.1) is 0 Å². The van der Waals surface area contributed by atoms with Crippen LogP contribution in [0.15, 0.2) is 70.2 Å². The molecule has 1 aliphatic heterocycles. The normalized spacial score (nSPS) is 14.6. The minimum Gasteiger partial charge on any atom is -0.371 e. The second-order valence-electron chi connectivity index (χ2n) is 5.95. The monoisotopic (exact) mass is 422 g/mol. The van der Waals surface area contributed by atoms with E-state index in [0.29, 0.717) is 40.3 Å². The van der Waals surface area contributed by atoms with Crippen molar-refractivity contribution in [3.8, 4) is 0 Å². The molecule has 3 rings (SSSR count). The average molecular weight is 423 g/mol. The molecule has 1 heterocycles. The molecule has 5 nitrogen and oxygen atoms in total. The fourth-order valence-corrected chi connectivity index (χ4v) is 5.68. The van der Waals surface area contributed by atoms with Gasteiger partial charge in [-0.15, -0.1) is 0 Å². The van der Waals surface area contributed by atoms with Gasteiger partial charge in [-0.25, -0.2) is 8.42 Å². The Bertz CT molecular complexity index is 933. The molecule has 2 aromatic carbocycles. The van der Waals surface area contributed by atoms with E-state index in [1.807, 2.05) is 0 Å². The Kier molecular flexibility index (Phi) is 6.46. The summed E-state index contributed by atoms with van der Waals surface area (Å²) in [5.74, 6) is 0.0880. The lowest BCUT2D eigenvalue weighted by Crippen LogP contribution is -2.27. The van der Waals surface area contributed by atoms with E-state index in [1.54, 1.807) is 42.5 Å². The molecule has 0 saturated carbocycles. The molecule has 0 amide bonds. The van der Waals surface area contributed by atoms with Gasteiger partial charge in [0.25, 0.3) is 0 Å². The summed E-state index contributed by atoms with van der Waals surface area (Å²) in [5, 5.41) is 6.82. The van der Waals surface area contributed by atoms with Gasteiger partial charge in [0.15, 0.2) is 0 Å². The first-order valence-electron chi connectivity index (χ1n) is 8.49. The molecule has 0 unspecified atom stereocenters. The Morgan fingerprint density at radius 1 is 0.926 bits per heavy atom. The van der Waals surface area contributed by atoms with Crippen LogP contribution in [0.4, 0.5) is 0 Å². The van der Waals surface area contributed by atoms with Crippen LogP contribution in [-0.4, -0.2) is 27.3 Å². The molecule has 0 aliphatic carbocycles. The van der Waals surface area contributed by atoms with Crippen LogP contribution in [-0.2, 0) is 8.87 Å². The molecule has 27 heavy (non-hydrogen) atoms. The fraction of sp³-hybridized carbons (Fsp3) is 0.211. The second-order valence-corrected chi connectivity index (χ2v) is 10.2. The minimum atomic E-state index is -3.75. The smallest absolute Gasteiger partial charge is 0.234 e. The topological polar surface area (TPSA) is 75.3 Å². The van der Waals surface area contributed by atoms with E-state index in [9.17, 15) is 13.2 Å². The van der Waals surface area contributed by atoms with Crippen molar-refractivity contribution in [2.45, 2.75) is 17.7 Å². The third-order valence-electron chi connectivity index (χ3n) is 3.97. The zero-order chi connectivity index (χ0) is 19.3. The van der Waals surface area contributed by atoms with E-state index in [0.717, 1.165) is 12.8 Å². The maximum absolute atomic E-state index is 13.1. The molecule has 1 saturated heterocycles. The van der Waals surface area contributed by atoms with Crippen LogP contribution in [0.25, 0.3) is 0 Å². The lowest BCUT2D eigenvalue weighted by molar-refractivity contribution is 0.104. The molecule has 0 atom stereocenters. The number of ketones is 1. The van der Waals surface area contributed by atoms with Crippen LogP contribution in [0.3, 0.4) is 0 Å². The van der Waals surface area contributed by atoms with Gasteiger partial charge < -0.3 is 10.6 Å². The number of benzene rings is 2. The molecule has 0 radical (unpaired) electrons. The quantitative estimate of drug-likeness (QED) is 0.434. The van der Waals surface area contributed by atoms with Crippen molar-refractivity contribution in [3.63, 3.8) is 0 Å². The van der Waals surface area contributed by atoms with Gasteiger partial charge in [0, 0.05) is 34.5 Å². The molecule has 0 aromatic heterocycles. The number of Topliss-reactive ketones (excluding diaryl/α,β-unsaturated/α-hetero) is 1. The van der Waals surface area contributed by atoms with E-state index in [1.165, 1.54) is 12.1 Å². The number of hydrogen-bond donors (Lipinski definition) is 2. The van der Waals surface area contributed by atoms with E-state index >= 15 is 0 Å². The highest BCUT2D eigenvalue weighted by atomic mass is 35.5. The van der Waals surface area contributed by atoms with Gasteiger partial charge in [0.2, 0.25) is 14.7 Å². The average Bonchev–Trinajstić information content (AvgIpc) is 2.96. The first-order chi connectivity index (χ1) is 13.0. The van der Waals surface area contributed by atoms with E-state index < -0.39 is 8.87 Å². The summed E-state index contributed by atoms with van der Waals surface area (Å²) in [6.45, 7) is 1.34. The SMILES string of the molecule is O=C(C(SS(=O)(=O)c1ccccc1)=C1NCCCCN1)c1ccc(Cl)cc1. The summed E-state index contributed by atoms with van der Waals surface area (Å²) in [6.07, 6.45) is 1.88. The Hall–Kier alpha value is -1.96. The molecule has 0 spiro atoms. The van der Waals surface area contributed by atoms with Crippen LogP contribution < -0.4 is 10.6 Å². The third-order valence-corrected chi connectivity index (χ3v) is 7.58. The Labute approximate surface area is 167 Å². The number of nitrogens with one attached hydrogen (secondary N) is 2. The van der Waals surface area contributed by atoms with Gasteiger partial charge in [-0.3, -0.25) is 4.79 Å². The van der Waals surface area contributed by atoms with Crippen LogP contribution >= 0.6 is 22.4 Å². The summed E-state index contributed by atoms with van der Waals surface area (Å²) in [7, 11) is -3.18. The summed E-state index contributed by atoms with van der Waals surface area (Å²) in [5.41, 5.74) is 0.380. The van der Waals surface area contributed by atoms with Gasteiger partial charge in [0.1, 0.15) is 10.7 Å². The van der Waals surface area contributed by atoms with E-state index in [-0.39, 0.29) is 15.6 Å². The highest BCUT2D eigenvalue weighted by Crippen LogP contribution is 2.33. The number of rotatable bonds is 5. The molecule has 2 aromatic rings. The van der Waals surface area contributed by atoms with Crippen molar-refractivity contribution in [1.82, 2.24) is 10.6 Å². The van der Waals surface area contributed by atoms with Gasteiger partial charge in [-0.1, -0.05) is 29.8 Å². The predicted octanol–water partition coefficient (Wildman–Crippen LogP) is 3.79. The molecule has 142 valence electrons. The predicted molar refractivity (Wildman–Crippen MR) is 109 cm³/mol.